The third-order valence-electron chi connectivity index (χ3n) is 2.56. The maximum Gasteiger partial charge on any atom is 0.271 e. The van der Waals surface area contributed by atoms with Crippen molar-refractivity contribution in [1.29, 1.82) is 0 Å². The fraction of sp³-hybridized carbons (Fsp3) is 0. The highest BCUT2D eigenvalue weighted by Crippen LogP contribution is 2.30. The van der Waals surface area contributed by atoms with Crippen LogP contribution >= 0.6 is 27.5 Å². The molecule has 2 aromatic carbocycles. The third kappa shape index (κ3) is 3.96. The minimum Gasteiger partial charge on any atom is -0.508 e. The minimum absolute atomic E-state index is 0.0259. The van der Waals surface area contributed by atoms with E-state index in [0.717, 1.165) is 0 Å². The molecule has 0 saturated carbocycles. The second-order valence-electron chi connectivity index (χ2n) is 4.07. The van der Waals surface area contributed by atoms with Crippen LogP contribution in [0.15, 0.2) is 46.0 Å². The minimum atomic E-state index is -0.438. The molecule has 0 unspecified atom stereocenters. The Morgan fingerprint density at radius 3 is 2.57 bits per heavy atom. The summed E-state index contributed by atoms with van der Waals surface area (Å²) in [4.78, 5) is 11.8. The van der Waals surface area contributed by atoms with Crippen molar-refractivity contribution in [2.24, 2.45) is 5.10 Å². The van der Waals surface area contributed by atoms with E-state index in [9.17, 15) is 9.90 Å². The Morgan fingerprint density at radius 2 is 1.90 bits per heavy atom. The van der Waals surface area contributed by atoms with Crippen molar-refractivity contribution in [1.82, 2.24) is 5.43 Å². The first-order valence-electron chi connectivity index (χ1n) is 5.78. The zero-order chi connectivity index (χ0) is 15.4. The summed E-state index contributed by atoms with van der Waals surface area (Å²) in [5.41, 5.74) is 3.02. The summed E-state index contributed by atoms with van der Waals surface area (Å²) in [7, 11) is 0. The lowest BCUT2D eigenvalue weighted by Crippen LogP contribution is -2.17. The smallest absolute Gasteiger partial charge is 0.271 e. The molecule has 0 saturated heterocycles. The number of hydrazone groups is 1. The molecule has 1 amide bonds. The Hall–Kier alpha value is -2.05. The van der Waals surface area contributed by atoms with Crippen LogP contribution in [0.1, 0.15) is 15.9 Å². The highest BCUT2D eigenvalue weighted by molar-refractivity contribution is 9.10. The van der Waals surface area contributed by atoms with E-state index < -0.39 is 5.91 Å². The molecule has 21 heavy (non-hydrogen) atoms. The first-order chi connectivity index (χ1) is 9.97. The number of benzene rings is 2. The molecule has 0 heterocycles. The highest BCUT2D eigenvalue weighted by Gasteiger charge is 2.06. The zero-order valence-electron chi connectivity index (χ0n) is 10.5. The van der Waals surface area contributed by atoms with E-state index in [0.29, 0.717) is 20.6 Å². The summed E-state index contributed by atoms with van der Waals surface area (Å²) in [6.07, 6.45) is 1.28. The Labute approximate surface area is 134 Å². The molecule has 0 aliphatic carbocycles. The number of amides is 1. The number of carbonyl (C=O) groups is 1. The molecule has 0 aliphatic rings. The normalized spacial score (nSPS) is 10.8. The molecule has 0 aliphatic heterocycles. The van der Waals surface area contributed by atoms with Gasteiger partial charge in [0.2, 0.25) is 0 Å². The van der Waals surface area contributed by atoms with E-state index in [4.69, 9.17) is 16.7 Å². The second kappa shape index (κ2) is 6.60. The lowest BCUT2D eigenvalue weighted by atomic mass is 10.2. The average molecular weight is 370 g/mol. The van der Waals surface area contributed by atoms with Gasteiger partial charge in [-0.2, -0.15) is 5.10 Å². The molecular weight excluding hydrogens is 360 g/mol. The Bertz CT molecular complexity index is 702. The maximum atomic E-state index is 11.8. The van der Waals surface area contributed by atoms with Crippen LogP contribution in [0, 0.1) is 0 Å². The monoisotopic (exact) mass is 368 g/mol. The van der Waals surface area contributed by atoms with E-state index in [2.05, 4.69) is 26.5 Å². The molecule has 2 aromatic rings. The fourth-order valence-electron chi connectivity index (χ4n) is 1.52. The van der Waals surface area contributed by atoms with Crippen molar-refractivity contribution in [2.45, 2.75) is 0 Å². The van der Waals surface area contributed by atoms with Gasteiger partial charge < -0.3 is 10.2 Å². The number of hydrogen-bond donors (Lipinski definition) is 3. The molecule has 0 fully saturated rings. The molecule has 5 nitrogen and oxygen atoms in total. The van der Waals surface area contributed by atoms with Crippen LogP contribution < -0.4 is 5.43 Å². The van der Waals surface area contributed by atoms with Gasteiger partial charge in [0.05, 0.1) is 10.7 Å². The van der Waals surface area contributed by atoms with Crippen LogP contribution in [0.25, 0.3) is 0 Å². The second-order valence-corrected chi connectivity index (χ2v) is 5.36. The first kappa shape index (κ1) is 15.3. The van der Waals surface area contributed by atoms with Gasteiger partial charge in [-0.25, -0.2) is 5.43 Å². The average Bonchev–Trinajstić information content (AvgIpc) is 2.44. The lowest BCUT2D eigenvalue weighted by molar-refractivity contribution is 0.0955. The van der Waals surface area contributed by atoms with Crippen molar-refractivity contribution in [3.8, 4) is 11.5 Å². The summed E-state index contributed by atoms with van der Waals surface area (Å²) in [5, 5.41) is 23.1. The van der Waals surface area contributed by atoms with Crippen molar-refractivity contribution in [3.63, 3.8) is 0 Å². The van der Waals surface area contributed by atoms with Crippen molar-refractivity contribution < 1.29 is 15.0 Å². The molecule has 0 aromatic heterocycles. The predicted octanol–water partition coefficient (Wildman–Crippen LogP) is 3.28. The van der Waals surface area contributed by atoms with Crippen LogP contribution in [0.3, 0.4) is 0 Å². The topological polar surface area (TPSA) is 81.9 Å². The van der Waals surface area contributed by atoms with Gasteiger partial charge in [-0.15, -0.1) is 0 Å². The van der Waals surface area contributed by atoms with Gasteiger partial charge in [0.15, 0.2) is 0 Å². The Kier molecular flexibility index (Phi) is 4.82. The molecule has 0 radical (unpaired) electrons. The molecule has 2 rings (SSSR count). The first-order valence-corrected chi connectivity index (χ1v) is 6.95. The van der Waals surface area contributed by atoms with Crippen LogP contribution in [-0.4, -0.2) is 22.3 Å². The van der Waals surface area contributed by atoms with Crippen molar-refractivity contribution >= 4 is 39.7 Å². The molecule has 7 heteroatoms. The largest absolute Gasteiger partial charge is 0.508 e. The number of nitrogens with zero attached hydrogens (tertiary/aromatic N) is 1. The van der Waals surface area contributed by atoms with E-state index >= 15 is 0 Å². The van der Waals surface area contributed by atoms with Gasteiger partial charge >= 0.3 is 0 Å². The van der Waals surface area contributed by atoms with Crippen LogP contribution in [-0.2, 0) is 0 Å². The van der Waals surface area contributed by atoms with Gasteiger partial charge in [-0.05, 0) is 52.3 Å². The summed E-state index contributed by atoms with van der Waals surface area (Å²) in [5.74, 6) is -0.391. The van der Waals surface area contributed by atoms with E-state index in [1.807, 2.05) is 0 Å². The van der Waals surface area contributed by atoms with E-state index in [1.54, 1.807) is 6.07 Å². The van der Waals surface area contributed by atoms with Gasteiger partial charge in [-0.3, -0.25) is 4.79 Å². The predicted molar refractivity (Wildman–Crippen MR) is 84.0 cm³/mol. The summed E-state index contributed by atoms with van der Waals surface area (Å²) in [6.45, 7) is 0. The van der Waals surface area contributed by atoms with Crippen LogP contribution in [0.4, 0.5) is 0 Å². The number of phenolic OH excluding ortho intramolecular Hbond substituents is 2. The number of carbonyl (C=O) groups excluding carboxylic acids is 1. The highest BCUT2D eigenvalue weighted by atomic mass is 79.9. The zero-order valence-corrected chi connectivity index (χ0v) is 12.9. The number of nitrogens with one attached hydrogen (secondary N) is 1. The quantitative estimate of drug-likeness (QED) is 0.573. The number of aromatic hydroxyl groups is 2. The van der Waals surface area contributed by atoms with Crippen LogP contribution in [0.5, 0.6) is 11.5 Å². The van der Waals surface area contributed by atoms with Crippen LogP contribution in [0.2, 0.25) is 5.02 Å². The molecule has 0 spiro atoms. The standard InChI is InChI=1S/C14H10BrClN2O3/c15-12-6-10(16)5-9(13(12)20)7-17-18-14(21)8-1-3-11(19)4-2-8/h1-7,19-20H,(H,18,21)/b17-7+. The molecular formula is C14H10BrClN2O3. The Balaban J connectivity index is 2.09. The van der Waals surface area contributed by atoms with E-state index in [1.165, 1.54) is 36.5 Å². The number of hydrogen-bond acceptors (Lipinski definition) is 4. The number of halogens is 2. The van der Waals surface area contributed by atoms with Gasteiger partial charge in [0.1, 0.15) is 11.5 Å². The summed E-state index contributed by atoms with van der Waals surface area (Å²) < 4.78 is 0.432. The van der Waals surface area contributed by atoms with Crippen molar-refractivity contribution in [2.75, 3.05) is 0 Å². The number of phenols is 2. The Morgan fingerprint density at radius 1 is 1.24 bits per heavy atom. The molecule has 0 atom stereocenters. The van der Waals surface area contributed by atoms with E-state index in [-0.39, 0.29) is 11.5 Å². The summed E-state index contributed by atoms with van der Waals surface area (Å²) >= 11 is 9.01. The third-order valence-corrected chi connectivity index (χ3v) is 3.38. The molecule has 108 valence electrons. The lowest BCUT2D eigenvalue weighted by Gasteiger charge is -2.03. The van der Waals surface area contributed by atoms with Gasteiger partial charge in [0.25, 0.3) is 5.91 Å². The summed E-state index contributed by atoms with van der Waals surface area (Å²) in [6, 6.07) is 8.79. The van der Waals surface area contributed by atoms with Gasteiger partial charge in [-0.1, -0.05) is 11.6 Å². The molecule has 3 N–H and O–H groups in total. The number of rotatable bonds is 3. The SMILES string of the molecule is O=C(N/N=C/c1cc(Cl)cc(Br)c1O)c1ccc(O)cc1. The molecule has 0 bridgehead atoms. The fourth-order valence-corrected chi connectivity index (χ4v) is 2.36. The maximum absolute atomic E-state index is 11.8. The van der Waals surface area contributed by atoms with Crippen molar-refractivity contribution in [3.05, 3.63) is 57.0 Å². The van der Waals surface area contributed by atoms with Gasteiger partial charge in [0, 0.05) is 16.1 Å².